The SMILES string of the molecule is Cc1ccc(NC(=O)N2CCN(Cc3ccccc3)CC2)cc1Br. The maximum Gasteiger partial charge on any atom is 0.321 e. The summed E-state index contributed by atoms with van der Waals surface area (Å²) < 4.78 is 1.01. The summed E-state index contributed by atoms with van der Waals surface area (Å²) in [6, 6.07) is 16.3. The van der Waals surface area contributed by atoms with Crippen molar-refractivity contribution in [2.24, 2.45) is 0 Å². The van der Waals surface area contributed by atoms with Gasteiger partial charge in [-0.05, 0) is 30.2 Å². The highest BCUT2D eigenvalue weighted by Gasteiger charge is 2.21. The molecule has 1 aliphatic heterocycles. The van der Waals surface area contributed by atoms with E-state index in [0.29, 0.717) is 0 Å². The van der Waals surface area contributed by atoms with Crippen LogP contribution in [0.4, 0.5) is 10.5 Å². The van der Waals surface area contributed by atoms with Gasteiger partial charge in [-0.2, -0.15) is 0 Å². The van der Waals surface area contributed by atoms with Crippen molar-refractivity contribution in [1.82, 2.24) is 9.80 Å². The molecule has 2 aromatic carbocycles. The molecule has 0 unspecified atom stereocenters. The number of urea groups is 1. The van der Waals surface area contributed by atoms with E-state index in [-0.39, 0.29) is 6.03 Å². The number of carbonyl (C=O) groups excluding carboxylic acids is 1. The van der Waals surface area contributed by atoms with Gasteiger partial charge in [0.05, 0.1) is 0 Å². The lowest BCUT2D eigenvalue weighted by Crippen LogP contribution is -2.49. The van der Waals surface area contributed by atoms with E-state index < -0.39 is 0 Å². The minimum Gasteiger partial charge on any atom is -0.322 e. The lowest BCUT2D eigenvalue weighted by molar-refractivity contribution is 0.143. The Morgan fingerprint density at radius 2 is 1.79 bits per heavy atom. The highest BCUT2D eigenvalue weighted by Crippen LogP contribution is 2.21. The molecular weight excluding hydrogens is 366 g/mol. The summed E-state index contributed by atoms with van der Waals surface area (Å²) in [4.78, 5) is 16.7. The molecular formula is C19H22BrN3O. The Morgan fingerprint density at radius 1 is 1.08 bits per heavy atom. The van der Waals surface area contributed by atoms with Crippen molar-refractivity contribution in [2.45, 2.75) is 13.5 Å². The first-order valence-corrected chi connectivity index (χ1v) is 8.99. The number of carbonyl (C=O) groups is 1. The first-order chi connectivity index (χ1) is 11.6. The molecule has 126 valence electrons. The second-order valence-corrected chi connectivity index (χ2v) is 7.00. The molecule has 0 aliphatic carbocycles. The lowest BCUT2D eigenvalue weighted by atomic mass is 10.2. The molecule has 0 aromatic heterocycles. The number of benzene rings is 2. The van der Waals surface area contributed by atoms with Gasteiger partial charge < -0.3 is 10.2 Å². The maximum absolute atomic E-state index is 12.4. The van der Waals surface area contributed by atoms with Crippen LogP contribution in [0.5, 0.6) is 0 Å². The van der Waals surface area contributed by atoms with Gasteiger partial charge in [-0.25, -0.2) is 4.79 Å². The second kappa shape index (κ2) is 7.81. The monoisotopic (exact) mass is 387 g/mol. The van der Waals surface area contributed by atoms with Crippen molar-refractivity contribution in [3.63, 3.8) is 0 Å². The number of halogens is 1. The van der Waals surface area contributed by atoms with Crippen LogP contribution in [0.25, 0.3) is 0 Å². The van der Waals surface area contributed by atoms with Gasteiger partial charge in [0.15, 0.2) is 0 Å². The van der Waals surface area contributed by atoms with Crippen LogP contribution >= 0.6 is 15.9 Å². The second-order valence-electron chi connectivity index (χ2n) is 6.14. The molecule has 2 amide bonds. The Hall–Kier alpha value is -1.85. The van der Waals surface area contributed by atoms with Crippen LogP contribution in [-0.2, 0) is 6.54 Å². The van der Waals surface area contributed by atoms with Crippen LogP contribution in [-0.4, -0.2) is 42.0 Å². The zero-order valence-electron chi connectivity index (χ0n) is 13.8. The molecule has 24 heavy (non-hydrogen) atoms. The fourth-order valence-corrected chi connectivity index (χ4v) is 3.20. The van der Waals surface area contributed by atoms with Gasteiger partial charge in [0, 0.05) is 42.9 Å². The van der Waals surface area contributed by atoms with Crippen molar-refractivity contribution in [3.05, 3.63) is 64.1 Å². The molecule has 0 atom stereocenters. The van der Waals surface area contributed by atoms with E-state index in [2.05, 4.69) is 50.4 Å². The average molecular weight is 388 g/mol. The number of piperazine rings is 1. The Labute approximate surface area is 151 Å². The molecule has 2 aromatic rings. The van der Waals surface area contributed by atoms with Gasteiger partial charge in [0.1, 0.15) is 0 Å². The quantitative estimate of drug-likeness (QED) is 0.859. The highest BCUT2D eigenvalue weighted by atomic mass is 79.9. The zero-order valence-corrected chi connectivity index (χ0v) is 15.4. The van der Waals surface area contributed by atoms with Gasteiger partial charge in [0.2, 0.25) is 0 Å². The molecule has 4 nitrogen and oxygen atoms in total. The third kappa shape index (κ3) is 4.36. The van der Waals surface area contributed by atoms with E-state index in [1.165, 1.54) is 5.56 Å². The van der Waals surface area contributed by atoms with Crippen LogP contribution in [0.3, 0.4) is 0 Å². The average Bonchev–Trinajstić information content (AvgIpc) is 2.60. The molecule has 1 aliphatic rings. The fraction of sp³-hybridized carbons (Fsp3) is 0.316. The zero-order chi connectivity index (χ0) is 16.9. The van der Waals surface area contributed by atoms with Crippen molar-refractivity contribution >= 4 is 27.6 Å². The first kappa shape index (κ1) is 17.0. The minimum atomic E-state index is -0.0230. The lowest BCUT2D eigenvalue weighted by Gasteiger charge is -2.34. The third-order valence-electron chi connectivity index (χ3n) is 4.33. The summed E-state index contributed by atoms with van der Waals surface area (Å²) in [6.45, 7) is 6.29. The normalized spacial score (nSPS) is 15.3. The van der Waals surface area contributed by atoms with Gasteiger partial charge in [-0.15, -0.1) is 0 Å². The number of hydrogen-bond donors (Lipinski definition) is 1. The standard InChI is InChI=1S/C19H22BrN3O/c1-15-7-8-17(13-18(15)20)21-19(24)23-11-9-22(10-12-23)14-16-5-3-2-4-6-16/h2-8,13H,9-12,14H2,1H3,(H,21,24). The van der Waals surface area contributed by atoms with E-state index in [0.717, 1.165) is 48.4 Å². The third-order valence-corrected chi connectivity index (χ3v) is 5.19. The Bertz CT molecular complexity index is 697. The fourth-order valence-electron chi connectivity index (χ4n) is 2.82. The molecule has 1 fully saturated rings. The maximum atomic E-state index is 12.4. The van der Waals surface area contributed by atoms with Gasteiger partial charge in [-0.3, -0.25) is 4.90 Å². The number of hydrogen-bond acceptors (Lipinski definition) is 2. The summed E-state index contributed by atoms with van der Waals surface area (Å²) in [5.74, 6) is 0. The Morgan fingerprint density at radius 3 is 2.46 bits per heavy atom. The van der Waals surface area contributed by atoms with Crippen molar-refractivity contribution < 1.29 is 4.79 Å². The summed E-state index contributed by atoms with van der Waals surface area (Å²) in [7, 11) is 0. The number of aryl methyl sites for hydroxylation is 1. The minimum absolute atomic E-state index is 0.0230. The van der Waals surface area contributed by atoms with E-state index in [1.807, 2.05) is 36.1 Å². The van der Waals surface area contributed by atoms with Crippen molar-refractivity contribution in [1.29, 1.82) is 0 Å². The van der Waals surface area contributed by atoms with E-state index in [1.54, 1.807) is 0 Å². The molecule has 1 heterocycles. The molecule has 1 N–H and O–H groups in total. The number of nitrogens with one attached hydrogen (secondary N) is 1. The number of nitrogens with zero attached hydrogens (tertiary/aromatic N) is 2. The van der Waals surface area contributed by atoms with E-state index in [9.17, 15) is 4.79 Å². The molecule has 1 saturated heterocycles. The molecule has 0 spiro atoms. The smallest absolute Gasteiger partial charge is 0.321 e. The predicted molar refractivity (Wildman–Crippen MR) is 101 cm³/mol. The van der Waals surface area contributed by atoms with Crippen LogP contribution in [0.2, 0.25) is 0 Å². The molecule has 5 heteroatoms. The van der Waals surface area contributed by atoms with Gasteiger partial charge >= 0.3 is 6.03 Å². The molecule has 0 bridgehead atoms. The summed E-state index contributed by atoms with van der Waals surface area (Å²) >= 11 is 3.50. The van der Waals surface area contributed by atoms with Gasteiger partial charge in [-0.1, -0.05) is 52.3 Å². The Kier molecular flexibility index (Phi) is 5.53. The summed E-state index contributed by atoms with van der Waals surface area (Å²) in [5.41, 5.74) is 3.30. The topological polar surface area (TPSA) is 35.6 Å². The number of amides is 2. The molecule has 0 saturated carbocycles. The number of rotatable bonds is 3. The van der Waals surface area contributed by atoms with E-state index in [4.69, 9.17) is 0 Å². The van der Waals surface area contributed by atoms with Crippen LogP contribution < -0.4 is 5.32 Å². The van der Waals surface area contributed by atoms with Crippen molar-refractivity contribution in [3.8, 4) is 0 Å². The molecule has 3 rings (SSSR count). The molecule has 0 radical (unpaired) electrons. The van der Waals surface area contributed by atoms with E-state index >= 15 is 0 Å². The summed E-state index contributed by atoms with van der Waals surface area (Å²) in [6.07, 6.45) is 0. The largest absolute Gasteiger partial charge is 0.322 e. The van der Waals surface area contributed by atoms with Crippen LogP contribution in [0.1, 0.15) is 11.1 Å². The van der Waals surface area contributed by atoms with Crippen LogP contribution in [0, 0.1) is 6.92 Å². The number of anilines is 1. The van der Waals surface area contributed by atoms with Gasteiger partial charge in [0.25, 0.3) is 0 Å². The van der Waals surface area contributed by atoms with Crippen LogP contribution in [0.15, 0.2) is 53.0 Å². The van der Waals surface area contributed by atoms with Crippen molar-refractivity contribution in [2.75, 3.05) is 31.5 Å². The highest BCUT2D eigenvalue weighted by molar-refractivity contribution is 9.10. The first-order valence-electron chi connectivity index (χ1n) is 8.20. The summed E-state index contributed by atoms with van der Waals surface area (Å²) in [5, 5.41) is 2.98. The predicted octanol–water partition coefficient (Wildman–Crippen LogP) is 4.11. The Balaban J connectivity index is 1.50.